The Morgan fingerprint density at radius 2 is 2.17 bits per heavy atom. The van der Waals surface area contributed by atoms with Crippen LogP contribution in [0.4, 0.5) is 0 Å². The van der Waals surface area contributed by atoms with Crippen LogP contribution < -0.4 is 4.74 Å². The molecule has 2 aromatic heterocycles. The number of rotatable bonds is 7. The van der Waals surface area contributed by atoms with Crippen LogP contribution in [0.5, 0.6) is 5.88 Å². The molecule has 0 aromatic carbocycles. The van der Waals surface area contributed by atoms with Crippen molar-refractivity contribution in [2.45, 2.75) is 32.6 Å². The van der Waals surface area contributed by atoms with Gasteiger partial charge in [0.15, 0.2) is 5.82 Å². The maximum atomic E-state index is 11.0. The van der Waals surface area contributed by atoms with Crippen LogP contribution >= 0.6 is 11.6 Å². The van der Waals surface area contributed by atoms with E-state index in [0.717, 1.165) is 5.92 Å². The van der Waals surface area contributed by atoms with Gasteiger partial charge in [0.05, 0.1) is 12.2 Å². The minimum atomic E-state index is -1.11. The largest absolute Gasteiger partial charge is 0.478 e. The molecular weight excluding hydrogens is 330 g/mol. The number of pyridine rings is 1. The maximum absolute atomic E-state index is 11.0. The SMILES string of the molecule is CCCC1CCC1COc1ccn(-c2ccc(C(=O)O)c(Cl)n2)n1. The Balaban J connectivity index is 1.63. The number of halogens is 1. The monoisotopic (exact) mass is 349 g/mol. The lowest BCUT2D eigenvalue weighted by Crippen LogP contribution is -2.31. The molecule has 128 valence electrons. The predicted octanol–water partition coefficient (Wildman–Crippen LogP) is 3.82. The third-order valence-electron chi connectivity index (χ3n) is 4.54. The van der Waals surface area contributed by atoms with Crippen LogP contribution in [0, 0.1) is 11.8 Å². The van der Waals surface area contributed by atoms with Gasteiger partial charge >= 0.3 is 5.97 Å². The quantitative estimate of drug-likeness (QED) is 0.769. The highest BCUT2D eigenvalue weighted by Crippen LogP contribution is 2.37. The Hall–Kier alpha value is -2.08. The maximum Gasteiger partial charge on any atom is 0.338 e. The first-order chi connectivity index (χ1) is 11.6. The average molecular weight is 350 g/mol. The van der Waals surface area contributed by atoms with Crippen molar-refractivity contribution < 1.29 is 14.6 Å². The molecule has 0 bridgehead atoms. The lowest BCUT2D eigenvalue weighted by atomic mass is 9.72. The van der Waals surface area contributed by atoms with Crippen molar-refractivity contribution in [2.24, 2.45) is 11.8 Å². The van der Waals surface area contributed by atoms with Crippen molar-refractivity contribution in [3.05, 3.63) is 35.1 Å². The summed E-state index contributed by atoms with van der Waals surface area (Å²) < 4.78 is 7.32. The molecule has 7 heteroatoms. The minimum absolute atomic E-state index is 0.0315. The highest BCUT2D eigenvalue weighted by Gasteiger charge is 2.30. The van der Waals surface area contributed by atoms with Crippen LogP contribution in [-0.4, -0.2) is 32.4 Å². The molecule has 3 rings (SSSR count). The number of carbonyl (C=O) groups is 1. The predicted molar refractivity (Wildman–Crippen MR) is 89.9 cm³/mol. The van der Waals surface area contributed by atoms with Crippen LogP contribution in [0.25, 0.3) is 5.82 Å². The number of carboxylic acid groups (broad SMARTS) is 1. The van der Waals surface area contributed by atoms with E-state index in [-0.39, 0.29) is 10.7 Å². The molecule has 1 N–H and O–H groups in total. The number of ether oxygens (including phenoxy) is 1. The van der Waals surface area contributed by atoms with Gasteiger partial charge in [0.1, 0.15) is 5.15 Å². The third-order valence-corrected chi connectivity index (χ3v) is 4.83. The Labute approximate surface area is 145 Å². The number of hydrogen-bond donors (Lipinski definition) is 1. The molecule has 0 aliphatic heterocycles. The highest BCUT2D eigenvalue weighted by molar-refractivity contribution is 6.32. The van der Waals surface area contributed by atoms with Gasteiger partial charge < -0.3 is 9.84 Å². The van der Waals surface area contributed by atoms with Gasteiger partial charge in [-0.25, -0.2) is 14.5 Å². The van der Waals surface area contributed by atoms with Crippen molar-refractivity contribution in [3.63, 3.8) is 0 Å². The van der Waals surface area contributed by atoms with Crippen molar-refractivity contribution in [1.82, 2.24) is 14.8 Å². The van der Waals surface area contributed by atoms with Crippen molar-refractivity contribution >= 4 is 17.6 Å². The van der Waals surface area contributed by atoms with E-state index in [2.05, 4.69) is 17.0 Å². The van der Waals surface area contributed by atoms with E-state index in [1.165, 1.54) is 36.4 Å². The van der Waals surface area contributed by atoms with E-state index in [4.69, 9.17) is 21.4 Å². The molecule has 6 nitrogen and oxygen atoms in total. The van der Waals surface area contributed by atoms with Crippen molar-refractivity contribution in [1.29, 1.82) is 0 Å². The molecule has 0 radical (unpaired) electrons. The zero-order chi connectivity index (χ0) is 17.1. The molecule has 2 aromatic rings. The summed E-state index contributed by atoms with van der Waals surface area (Å²) in [6, 6.07) is 4.75. The number of nitrogens with zero attached hydrogens (tertiary/aromatic N) is 3. The molecule has 24 heavy (non-hydrogen) atoms. The van der Waals surface area contributed by atoms with Gasteiger partial charge in [-0.2, -0.15) is 0 Å². The van der Waals surface area contributed by atoms with Crippen molar-refractivity contribution in [3.8, 4) is 11.7 Å². The normalized spacial score (nSPS) is 19.8. The Morgan fingerprint density at radius 3 is 2.79 bits per heavy atom. The summed E-state index contributed by atoms with van der Waals surface area (Å²) in [4.78, 5) is 15.0. The van der Waals surface area contributed by atoms with E-state index in [1.807, 2.05) is 0 Å². The topological polar surface area (TPSA) is 77.2 Å². The molecule has 2 atom stereocenters. The zero-order valence-corrected chi connectivity index (χ0v) is 14.2. The summed E-state index contributed by atoms with van der Waals surface area (Å²) in [6.07, 6.45) is 6.72. The Bertz CT molecular complexity index is 732. The van der Waals surface area contributed by atoms with Gasteiger partial charge in [-0.15, -0.1) is 5.10 Å². The fourth-order valence-electron chi connectivity index (χ4n) is 3.02. The fraction of sp³-hybridized carbons (Fsp3) is 0.471. The van der Waals surface area contributed by atoms with Crippen LogP contribution in [0.3, 0.4) is 0 Å². The van der Waals surface area contributed by atoms with E-state index in [0.29, 0.717) is 24.2 Å². The molecule has 2 heterocycles. The molecule has 0 amide bonds. The standard InChI is InChI=1S/C17H20ClN3O3/c1-2-3-11-4-5-12(11)10-24-15-8-9-21(20-15)14-7-6-13(17(22)23)16(18)19-14/h6-9,11-12H,2-5,10H2,1H3,(H,22,23). The van der Waals surface area contributed by atoms with Gasteiger partial charge in [-0.3, -0.25) is 0 Å². The van der Waals surface area contributed by atoms with Crippen LogP contribution in [0.1, 0.15) is 43.0 Å². The van der Waals surface area contributed by atoms with E-state index < -0.39 is 5.97 Å². The number of aromatic nitrogens is 3. The smallest absolute Gasteiger partial charge is 0.338 e. The van der Waals surface area contributed by atoms with Crippen LogP contribution in [0.15, 0.2) is 24.4 Å². The van der Waals surface area contributed by atoms with Gasteiger partial charge in [-0.05, 0) is 36.8 Å². The molecule has 0 spiro atoms. The summed E-state index contributed by atoms with van der Waals surface area (Å²) in [5, 5.41) is 13.2. The second kappa shape index (κ2) is 7.21. The van der Waals surface area contributed by atoms with E-state index in [1.54, 1.807) is 18.3 Å². The van der Waals surface area contributed by atoms with Gasteiger partial charge in [-0.1, -0.05) is 31.4 Å². The molecule has 2 unspecified atom stereocenters. The van der Waals surface area contributed by atoms with Gasteiger partial charge in [0.25, 0.3) is 0 Å². The fourth-order valence-corrected chi connectivity index (χ4v) is 3.25. The lowest BCUT2D eigenvalue weighted by molar-refractivity contribution is 0.0696. The molecular formula is C17H20ClN3O3. The summed E-state index contributed by atoms with van der Waals surface area (Å²) in [5.41, 5.74) is -0.0315. The Morgan fingerprint density at radius 1 is 1.38 bits per heavy atom. The molecule has 1 saturated carbocycles. The summed E-state index contributed by atoms with van der Waals surface area (Å²) in [6.45, 7) is 2.90. The molecule has 1 aliphatic rings. The first kappa shape index (κ1) is 16.8. The average Bonchev–Trinajstić information content (AvgIpc) is 3.00. The van der Waals surface area contributed by atoms with Crippen molar-refractivity contribution in [2.75, 3.05) is 6.61 Å². The summed E-state index contributed by atoms with van der Waals surface area (Å²) in [7, 11) is 0. The molecule has 1 aliphatic carbocycles. The zero-order valence-electron chi connectivity index (χ0n) is 13.5. The third kappa shape index (κ3) is 3.53. The summed E-state index contributed by atoms with van der Waals surface area (Å²) >= 11 is 5.89. The van der Waals surface area contributed by atoms with Crippen LogP contribution in [-0.2, 0) is 0 Å². The number of hydrogen-bond acceptors (Lipinski definition) is 4. The highest BCUT2D eigenvalue weighted by atomic mass is 35.5. The first-order valence-electron chi connectivity index (χ1n) is 8.17. The summed E-state index contributed by atoms with van der Waals surface area (Å²) in [5.74, 6) is 1.29. The second-order valence-corrected chi connectivity index (χ2v) is 6.47. The van der Waals surface area contributed by atoms with Gasteiger partial charge in [0, 0.05) is 12.3 Å². The van der Waals surface area contributed by atoms with Crippen LogP contribution in [0.2, 0.25) is 5.15 Å². The molecule has 1 fully saturated rings. The number of carboxylic acids is 1. The second-order valence-electron chi connectivity index (χ2n) is 6.11. The van der Waals surface area contributed by atoms with Gasteiger partial charge in [0.2, 0.25) is 5.88 Å². The van der Waals surface area contributed by atoms with E-state index >= 15 is 0 Å². The van der Waals surface area contributed by atoms with E-state index in [9.17, 15) is 4.79 Å². The lowest BCUT2D eigenvalue weighted by Gasteiger charge is -2.36. The molecule has 0 saturated heterocycles. The number of aromatic carboxylic acids is 1. The minimum Gasteiger partial charge on any atom is -0.478 e. The Kier molecular flexibility index (Phi) is 5.04. The first-order valence-corrected chi connectivity index (χ1v) is 8.55.